The van der Waals surface area contributed by atoms with Gasteiger partial charge in [0.05, 0.1) is 20.3 Å². The maximum Gasteiger partial charge on any atom is 0.229 e. The Morgan fingerprint density at radius 3 is 2.05 bits per heavy atom. The molecule has 3 aromatic carbocycles. The smallest absolute Gasteiger partial charge is 0.229 e. The highest BCUT2D eigenvalue weighted by atomic mass is 16.8. The van der Waals surface area contributed by atoms with Gasteiger partial charge in [0.15, 0.2) is 12.4 Å². The van der Waals surface area contributed by atoms with Crippen LogP contribution >= 0.6 is 0 Å². The standard InChI is InChI=1S/C27H32O13/c1-36-15-8-13(7-12-6-5-11-3-2-4-14(30)18(11)19(12)15)37-27-25(23(34)21(32)17(10-29)39-27)40-26-24(35)22(33)20(31)16(9-28)38-26/h2-8,16-17,20-35H,9-10H2,1H3/t16-,17-,20-,21-,22+,23+,24-,25-,26+,27-/m1/s1. The summed E-state index contributed by atoms with van der Waals surface area (Å²) < 4.78 is 28.4. The minimum Gasteiger partial charge on any atom is -0.507 e. The van der Waals surface area contributed by atoms with E-state index in [4.69, 9.17) is 23.7 Å². The monoisotopic (exact) mass is 564 g/mol. The number of aromatic hydroxyl groups is 1. The van der Waals surface area contributed by atoms with Crippen molar-refractivity contribution in [2.24, 2.45) is 0 Å². The quantitative estimate of drug-likeness (QED) is 0.157. The molecule has 0 spiro atoms. The van der Waals surface area contributed by atoms with Gasteiger partial charge in [-0.2, -0.15) is 0 Å². The second kappa shape index (κ2) is 11.6. The van der Waals surface area contributed by atoms with Crippen LogP contribution in [0.3, 0.4) is 0 Å². The second-order valence-electron chi connectivity index (χ2n) is 9.79. The molecule has 0 unspecified atom stereocenters. The highest BCUT2D eigenvalue weighted by molar-refractivity contribution is 6.13. The lowest BCUT2D eigenvalue weighted by Crippen LogP contribution is -2.65. The van der Waals surface area contributed by atoms with Crippen LogP contribution < -0.4 is 9.47 Å². The molecule has 13 heteroatoms. The molecule has 40 heavy (non-hydrogen) atoms. The van der Waals surface area contributed by atoms with Gasteiger partial charge in [0.1, 0.15) is 60.0 Å². The maximum atomic E-state index is 10.9. The fourth-order valence-corrected chi connectivity index (χ4v) is 5.15. The summed E-state index contributed by atoms with van der Waals surface area (Å²) in [6.07, 6.45) is -15.8. The van der Waals surface area contributed by atoms with Gasteiger partial charge in [-0.1, -0.05) is 24.3 Å². The molecular formula is C27H32O13. The van der Waals surface area contributed by atoms with Gasteiger partial charge in [-0.25, -0.2) is 0 Å². The average molecular weight is 565 g/mol. The van der Waals surface area contributed by atoms with Crippen molar-refractivity contribution in [1.82, 2.24) is 0 Å². The van der Waals surface area contributed by atoms with Gasteiger partial charge in [0.2, 0.25) is 6.29 Å². The zero-order valence-electron chi connectivity index (χ0n) is 21.3. The van der Waals surface area contributed by atoms with Crippen LogP contribution in [0.25, 0.3) is 21.5 Å². The zero-order chi connectivity index (χ0) is 28.7. The fraction of sp³-hybridized carbons (Fsp3) is 0.481. The van der Waals surface area contributed by atoms with Crippen LogP contribution in [0, 0.1) is 0 Å². The number of rotatable bonds is 7. The molecule has 10 atom stereocenters. The van der Waals surface area contributed by atoms with Crippen LogP contribution in [-0.2, 0) is 14.2 Å². The summed E-state index contributed by atoms with van der Waals surface area (Å²) >= 11 is 0. The Labute approximate surface area is 227 Å². The number of ether oxygens (including phenoxy) is 5. The van der Waals surface area contributed by atoms with Gasteiger partial charge >= 0.3 is 0 Å². The summed E-state index contributed by atoms with van der Waals surface area (Å²) in [4.78, 5) is 0. The first kappa shape index (κ1) is 28.7. The lowest BCUT2D eigenvalue weighted by Gasteiger charge is -2.45. The first-order valence-corrected chi connectivity index (χ1v) is 12.7. The molecule has 13 nitrogen and oxygen atoms in total. The SMILES string of the molecule is COc1cc(O[C@@H]2O[C@H](CO)[C@@H](O)[C@H](O)[C@H]2O[C@@H]2O[C@H](CO)[C@@H](O)[C@H](O)[C@H]2O)cc2ccc3cccc(O)c3c12. The number of hydrogen-bond donors (Lipinski definition) is 8. The Morgan fingerprint density at radius 2 is 1.38 bits per heavy atom. The number of phenolic OH excluding ortho intramolecular Hbond substituents is 1. The van der Waals surface area contributed by atoms with Crippen LogP contribution in [0.5, 0.6) is 17.2 Å². The topological polar surface area (TPSA) is 208 Å². The number of hydrogen-bond acceptors (Lipinski definition) is 13. The minimum atomic E-state index is -1.79. The predicted octanol–water partition coefficient (Wildman–Crippen LogP) is -1.29. The Kier molecular flexibility index (Phi) is 8.31. The molecule has 0 saturated carbocycles. The highest BCUT2D eigenvalue weighted by Crippen LogP contribution is 2.41. The van der Waals surface area contributed by atoms with Crippen molar-refractivity contribution in [3.8, 4) is 17.2 Å². The van der Waals surface area contributed by atoms with Gasteiger partial charge in [-0.3, -0.25) is 0 Å². The van der Waals surface area contributed by atoms with Crippen molar-refractivity contribution in [2.45, 2.75) is 61.4 Å². The van der Waals surface area contributed by atoms with Gasteiger partial charge in [-0.05, 0) is 22.9 Å². The van der Waals surface area contributed by atoms with E-state index in [1.54, 1.807) is 24.3 Å². The number of aliphatic hydroxyl groups excluding tert-OH is 7. The third kappa shape index (κ3) is 5.05. The predicted molar refractivity (Wildman–Crippen MR) is 137 cm³/mol. The van der Waals surface area contributed by atoms with E-state index in [-0.39, 0.29) is 11.5 Å². The van der Waals surface area contributed by atoms with E-state index in [2.05, 4.69) is 0 Å². The van der Waals surface area contributed by atoms with Gasteiger partial charge in [0.25, 0.3) is 0 Å². The number of fused-ring (bicyclic) bond motifs is 3. The van der Waals surface area contributed by atoms with E-state index < -0.39 is 74.6 Å². The first-order valence-electron chi connectivity index (χ1n) is 12.7. The molecule has 2 saturated heterocycles. The van der Waals surface area contributed by atoms with E-state index in [0.29, 0.717) is 21.9 Å². The fourth-order valence-electron chi connectivity index (χ4n) is 5.15. The summed E-state index contributed by atoms with van der Waals surface area (Å²) in [7, 11) is 1.45. The highest BCUT2D eigenvalue weighted by Gasteiger charge is 2.51. The van der Waals surface area contributed by atoms with E-state index in [9.17, 15) is 40.9 Å². The Hall–Kier alpha value is -2.82. The Morgan fingerprint density at radius 1 is 0.725 bits per heavy atom. The van der Waals surface area contributed by atoms with E-state index in [1.165, 1.54) is 13.2 Å². The van der Waals surface area contributed by atoms with E-state index >= 15 is 0 Å². The summed E-state index contributed by atoms with van der Waals surface area (Å²) in [6.45, 7) is -1.37. The molecule has 0 bridgehead atoms. The lowest BCUT2D eigenvalue weighted by molar-refractivity contribution is -0.357. The molecule has 218 valence electrons. The van der Waals surface area contributed by atoms with Crippen LogP contribution in [-0.4, -0.2) is 123 Å². The molecule has 0 aromatic heterocycles. The second-order valence-corrected chi connectivity index (χ2v) is 9.79. The summed E-state index contributed by atoms with van der Waals surface area (Å²) in [5.74, 6) is 0.578. The van der Waals surface area contributed by atoms with Gasteiger partial charge in [-0.15, -0.1) is 0 Å². The maximum absolute atomic E-state index is 10.9. The van der Waals surface area contributed by atoms with Gasteiger partial charge < -0.3 is 64.5 Å². The van der Waals surface area contributed by atoms with Crippen LogP contribution in [0.1, 0.15) is 0 Å². The van der Waals surface area contributed by atoms with Crippen molar-refractivity contribution in [3.63, 3.8) is 0 Å². The molecule has 0 aliphatic carbocycles. The Balaban J connectivity index is 1.49. The molecule has 2 fully saturated rings. The van der Waals surface area contributed by atoms with E-state index in [1.807, 2.05) is 12.1 Å². The molecule has 2 aliphatic rings. The van der Waals surface area contributed by atoms with Crippen molar-refractivity contribution in [3.05, 3.63) is 42.5 Å². The van der Waals surface area contributed by atoms with Crippen molar-refractivity contribution in [1.29, 1.82) is 0 Å². The molecule has 8 N–H and O–H groups in total. The zero-order valence-corrected chi connectivity index (χ0v) is 21.3. The molecule has 0 amide bonds. The summed E-state index contributed by atoms with van der Waals surface area (Å²) in [5, 5.41) is 84.3. The molecule has 2 heterocycles. The first-order chi connectivity index (χ1) is 19.2. The third-order valence-corrected chi connectivity index (χ3v) is 7.31. The number of benzene rings is 3. The molecule has 3 aromatic rings. The Bertz CT molecular complexity index is 1330. The van der Waals surface area contributed by atoms with Gasteiger partial charge in [0, 0.05) is 16.8 Å². The van der Waals surface area contributed by atoms with Crippen LogP contribution in [0.15, 0.2) is 42.5 Å². The van der Waals surface area contributed by atoms with Crippen molar-refractivity contribution in [2.75, 3.05) is 20.3 Å². The van der Waals surface area contributed by atoms with Crippen molar-refractivity contribution >= 4 is 21.5 Å². The molecule has 2 aliphatic heterocycles. The minimum absolute atomic E-state index is 0.0570. The van der Waals surface area contributed by atoms with Crippen LogP contribution in [0.2, 0.25) is 0 Å². The summed E-state index contributed by atoms with van der Waals surface area (Å²) in [5.41, 5.74) is 0. The molecular weight excluding hydrogens is 532 g/mol. The molecule has 0 radical (unpaired) electrons. The average Bonchev–Trinajstić information content (AvgIpc) is 2.96. The van der Waals surface area contributed by atoms with Crippen LogP contribution in [0.4, 0.5) is 0 Å². The molecule has 5 rings (SSSR count). The largest absolute Gasteiger partial charge is 0.507 e. The number of aliphatic hydroxyl groups is 7. The normalized spacial score (nSPS) is 34.7. The van der Waals surface area contributed by atoms with Crippen molar-refractivity contribution < 1.29 is 64.5 Å². The number of methoxy groups -OCH3 is 1. The summed E-state index contributed by atoms with van der Waals surface area (Å²) in [6, 6.07) is 11.9. The number of phenols is 1. The third-order valence-electron chi connectivity index (χ3n) is 7.31. The van der Waals surface area contributed by atoms with E-state index in [0.717, 1.165) is 5.39 Å². The lowest BCUT2D eigenvalue weighted by atomic mass is 9.97.